The first kappa shape index (κ1) is 19.6. The van der Waals surface area contributed by atoms with Gasteiger partial charge < -0.3 is 10.2 Å². The molecule has 0 bridgehead atoms. The summed E-state index contributed by atoms with van der Waals surface area (Å²) in [5, 5.41) is 7.28. The molecular weight excluding hydrogens is 390 g/mol. The second-order valence-corrected chi connectivity index (χ2v) is 8.68. The monoisotopic (exact) mass is 415 g/mol. The highest BCUT2D eigenvalue weighted by Gasteiger charge is 2.19. The molecule has 1 aliphatic rings. The number of likely N-dealkylation sites (tertiary alicyclic amines) is 1. The van der Waals surface area contributed by atoms with Gasteiger partial charge in [0.25, 0.3) is 5.56 Å². The van der Waals surface area contributed by atoms with Crippen LogP contribution in [-0.2, 0) is 22.6 Å². The van der Waals surface area contributed by atoms with Gasteiger partial charge in [-0.3, -0.25) is 18.8 Å². The zero-order chi connectivity index (χ0) is 20.5. The Morgan fingerprint density at radius 2 is 2.10 bits per heavy atom. The second-order valence-electron chi connectivity index (χ2n) is 7.39. The Morgan fingerprint density at radius 3 is 2.83 bits per heavy atom. The molecule has 0 atom stereocenters. The molecule has 154 valence electrons. The summed E-state index contributed by atoms with van der Waals surface area (Å²) in [6, 6.07) is 3.95. The number of thiophene rings is 1. The van der Waals surface area contributed by atoms with E-state index in [0.29, 0.717) is 37.9 Å². The van der Waals surface area contributed by atoms with Gasteiger partial charge in [0.2, 0.25) is 11.8 Å². The number of carbonyl (C=O) groups excluding carboxylic acids is 2. The molecule has 0 aliphatic carbocycles. The lowest BCUT2D eigenvalue weighted by Crippen LogP contribution is -2.36. The maximum atomic E-state index is 12.9. The molecule has 1 N–H and O–H groups in total. The maximum absolute atomic E-state index is 12.9. The van der Waals surface area contributed by atoms with E-state index in [4.69, 9.17) is 0 Å². The molecule has 4 heterocycles. The molecule has 4 rings (SSSR count). The summed E-state index contributed by atoms with van der Waals surface area (Å²) < 4.78 is 4.21. The molecule has 0 saturated carbocycles. The number of aryl methyl sites for hydroxylation is 2. The van der Waals surface area contributed by atoms with Crippen LogP contribution in [0.15, 0.2) is 16.9 Å². The van der Waals surface area contributed by atoms with Gasteiger partial charge >= 0.3 is 0 Å². The molecule has 0 unspecified atom stereocenters. The Morgan fingerprint density at radius 1 is 1.28 bits per heavy atom. The third kappa shape index (κ3) is 3.78. The summed E-state index contributed by atoms with van der Waals surface area (Å²) in [5.41, 5.74) is 1.29. The number of rotatable bonds is 7. The van der Waals surface area contributed by atoms with Crippen LogP contribution in [0, 0.1) is 6.92 Å². The molecule has 3 aromatic rings. The quantitative estimate of drug-likeness (QED) is 0.595. The molecule has 29 heavy (non-hydrogen) atoms. The first-order valence-corrected chi connectivity index (χ1v) is 10.9. The second kappa shape index (κ2) is 7.98. The van der Waals surface area contributed by atoms with Gasteiger partial charge in [-0.15, -0.1) is 11.3 Å². The van der Waals surface area contributed by atoms with Gasteiger partial charge in [-0.25, -0.2) is 4.68 Å². The van der Waals surface area contributed by atoms with Gasteiger partial charge in [0, 0.05) is 37.4 Å². The van der Waals surface area contributed by atoms with Crippen LogP contribution in [0.4, 0.5) is 0 Å². The first-order valence-electron chi connectivity index (χ1n) is 10.0. The fraction of sp³-hybridized carbons (Fsp3) is 0.500. The van der Waals surface area contributed by atoms with E-state index in [1.54, 1.807) is 11.3 Å². The van der Waals surface area contributed by atoms with Crippen molar-refractivity contribution in [2.75, 3.05) is 19.6 Å². The van der Waals surface area contributed by atoms with Crippen molar-refractivity contribution in [3.63, 3.8) is 0 Å². The van der Waals surface area contributed by atoms with Crippen molar-refractivity contribution < 1.29 is 9.59 Å². The number of hydrogen-bond donors (Lipinski definition) is 1. The SMILES string of the molecule is CCc1nn(CC(=O)NCCCN2CCCC2=O)c(=O)c2cc3sc(C)cc3n12. The Balaban J connectivity index is 1.46. The van der Waals surface area contributed by atoms with E-state index < -0.39 is 0 Å². The van der Waals surface area contributed by atoms with Gasteiger partial charge in [0.05, 0.1) is 10.2 Å². The molecule has 1 fully saturated rings. The molecule has 8 nitrogen and oxygen atoms in total. The van der Waals surface area contributed by atoms with Crippen LogP contribution in [0.1, 0.15) is 36.9 Å². The van der Waals surface area contributed by atoms with Crippen molar-refractivity contribution >= 4 is 38.9 Å². The van der Waals surface area contributed by atoms with Gasteiger partial charge in [-0.1, -0.05) is 6.92 Å². The summed E-state index contributed by atoms with van der Waals surface area (Å²) in [6.07, 6.45) is 2.90. The van der Waals surface area contributed by atoms with E-state index in [-0.39, 0.29) is 23.9 Å². The lowest BCUT2D eigenvalue weighted by molar-refractivity contribution is -0.127. The fourth-order valence-corrected chi connectivity index (χ4v) is 4.82. The highest BCUT2D eigenvalue weighted by Crippen LogP contribution is 2.28. The molecule has 1 aliphatic heterocycles. The van der Waals surface area contributed by atoms with E-state index >= 15 is 0 Å². The Hall–Kier alpha value is -2.68. The Labute approximate surface area is 172 Å². The predicted molar refractivity (Wildman–Crippen MR) is 112 cm³/mol. The molecule has 2 amide bonds. The number of aromatic nitrogens is 3. The molecule has 1 saturated heterocycles. The van der Waals surface area contributed by atoms with Crippen molar-refractivity contribution in [2.24, 2.45) is 0 Å². The lowest BCUT2D eigenvalue weighted by Gasteiger charge is -2.15. The molecule has 0 spiro atoms. The number of nitrogens with one attached hydrogen (secondary N) is 1. The molecule has 9 heteroatoms. The van der Waals surface area contributed by atoms with Crippen molar-refractivity contribution in [2.45, 2.75) is 46.1 Å². The fourth-order valence-electron chi connectivity index (χ4n) is 3.88. The summed E-state index contributed by atoms with van der Waals surface area (Å²) in [6.45, 7) is 5.86. The zero-order valence-electron chi connectivity index (χ0n) is 16.7. The molecule has 0 aromatic carbocycles. The van der Waals surface area contributed by atoms with Crippen LogP contribution in [0.3, 0.4) is 0 Å². The van der Waals surface area contributed by atoms with Crippen LogP contribution in [0.2, 0.25) is 0 Å². The van der Waals surface area contributed by atoms with Crippen LogP contribution in [-0.4, -0.2) is 50.5 Å². The smallest absolute Gasteiger partial charge is 0.291 e. The minimum atomic E-state index is -0.263. The summed E-state index contributed by atoms with van der Waals surface area (Å²) >= 11 is 1.65. The Bertz CT molecular complexity index is 1140. The molecule has 3 aromatic heterocycles. The van der Waals surface area contributed by atoms with Crippen molar-refractivity contribution in [3.05, 3.63) is 33.2 Å². The first-order chi connectivity index (χ1) is 14.0. The average Bonchev–Trinajstić information content (AvgIpc) is 3.35. The summed E-state index contributed by atoms with van der Waals surface area (Å²) in [7, 11) is 0. The zero-order valence-corrected chi connectivity index (χ0v) is 17.5. The molecular formula is C20H25N5O3S. The predicted octanol–water partition coefficient (Wildman–Crippen LogP) is 1.71. The largest absolute Gasteiger partial charge is 0.354 e. The number of nitrogens with zero attached hydrogens (tertiary/aromatic N) is 4. The van der Waals surface area contributed by atoms with E-state index in [1.807, 2.05) is 29.2 Å². The van der Waals surface area contributed by atoms with Crippen LogP contribution < -0.4 is 10.9 Å². The van der Waals surface area contributed by atoms with Crippen LogP contribution >= 0.6 is 11.3 Å². The van der Waals surface area contributed by atoms with Gasteiger partial charge in [-0.2, -0.15) is 5.10 Å². The lowest BCUT2D eigenvalue weighted by atomic mass is 10.3. The van der Waals surface area contributed by atoms with Gasteiger partial charge in [-0.05, 0) is 31.9 Å². The van der Waals surface area contributed by atoms with E-state index in [1.165, 1.54) is 9.56 Å². The number of carbonyl (C=O) groups is 2. The van der Waals surface area contributed by atoms with Crippen molar-refractivity contribution in [1.29, 1.82) is 0 Å². The minimum absolute atomic E-state index is 0.108. The summed E-state index contributed by atoms with van der Waals surface area (Å²) in [5.74, 6) is 0.700. The number of hydrogen-bond acceptors (Lipinski definition) is 5. The van der Waals surface area contributed by atoms with Crippen LogP contribution in [0.5, 0.6) is 0 Å². The third-order valence-electron chi connectivity index (χ3n) is 5.27. The van der Waals surface area contributed by atoms with E-state index in [2.05, 4.69) is 16.5 Å². The third-order valence-corrected chi connectivity index (χ3v) is 6.26. The maximum Gasteiger partial charge on any atom is 0.291 e. The van der Waals surface area contributed by atoms with Gasteiger partial charge in [0.1, 0.15) is 17.9 Å². The van der Waals surface area contributed by atoms with Crippen molar-refractivity contribution in [3.8, 4) is 0 Å². The van der Waals surface area contributed by atoms with Crippen molar-refractivity contribution in [1.82, 2.24) is 24.4 Å². The average molecular weight is 416 g/mol. The van der Waals surface area contributed by atoms with E-state index in [9.17, 15) is 14.4 Å². The number of amides is 2. The summed E-state index contributed by atoms with van der Waals surface area (Å²) in [4.78, 5) is 39.8. The number of fused-ring (bicyclic) bond motifs is 3. The highest BCUT2D eigenvalue weighted by molar-refractivity contribution is 7.19. The van der Waals surface area contributed by atoms with Crippen LogP contribution in [0.25, 0.3) is 15.7 Å². The van der Waals surface area contributed by atoms with E-state index in [0.717, 1.165) is 29.0 Å². The highest BCUT2D eigenvalue weighted by atomic mass is 32.1. The minimum Gasteiger partial charge on any atom is -0.354 e. The topological polar surface area (TPSA) is 88.7 Å². The normalized spacial score (nSPS) is 14.4. The van der Waals surface area contributed by atoms with Gasteiger partial charge in [0.15, 0.2) is 0 Å². The Kier molecular flexibility index (Phi) is 5.40. The molecule has 0 radical (unpaired) electrons. The standard InChI is InChI=1S/C20H25N5O3S/c1-3-17-22-24(12-18(26)21-7-5-9-23-8-4-6-19(23)27)20(28)15-11-16-14(25(15)17)10-13(2)29-16/h10-11H,3-9,12H2,1-2H3,(H,21,26).